The fourth-order valence-electron chi connectivity index (χ4n) is 1.15. The molecule has 5 nitrogen and oxygen atoms in total. The van der Waals surface area contributed by atoms with E-state index in [4.69, 9.17) is 28.3 Å². The lowest BCUT2D eigenvalue weighted by Crippen LogP contribution is -2.34. The molecule has 8 heteroatoms. The lowest BCUT2D eigenvalue weighted by molar-refractivity contribution is -0.140. The van der Waals surface area contributed by atoms with Crippen molar-refractivity contribution in [3.8, 4) is 0 Å². The first-order chi connectivity index (χ1) is 8.81. The maximum Gasteiger partial charge on any atom is 0.319 e. The molecule has 1 unspecified atom stereocenters. The first-order valence-electron chi connectivity index (χ1n) is 5.23. The van der Waals surface area contributed by atoms with E-state index in [0.29, 0.717) is 4.47 Å². The number of anilines is 1. The molecular weight excluding hydrogens is 359 g/mol. The molecule has 3 N–H and O–H groups in total. The van der Waals surface area contributed by atoms with Crippen molar-refractivity contribution in [2.24, 2.45) is 5.92 Å². The summed E-state index contributed by atoms with van der Waals surface area (Å²) in [6.07, 6.45) is 0. The molecule has 1 atom stereocenters. The summed E-state index contributed by atoms with van der Waals surface area (Å²) in [6.45, 7) is 1.50. The number of benzene rings is 1. The van der Waals surface area contributed by atoms with Gasteiger partial charge in [0.05, 0.1) is 21.7 Å². The Kier molecular flexibility index (Phi) is 5.90. The molecule has 0 spiro atoms. The Morgan fingerprint density at radius 2 is 1.89 bits per heavy atom. The first-order valence-corrected chi connectivity index (χ1v) is 6.78. The molecule has 0 heterocycles. The SMILES string of the molecule is CC(CNC(=O)Nc1c(Cl)cc(Br)cc1Cl)C(=O)O. The Morgan fingerprint density at radius 1 is 1.37 bits per heavy atom. The lowest BCUT2D eigenvalue weighted by atomic mass is 10.2. The minimum absolute atomic E-state index is 0.00688. The molecule has 0 aliphatic rings. The van der Waals surface area contributed by atoms with Crippen LogP contribution in [-0.2, 0) is 4.79 Å². The second kappa shape index (κ2) is 6.98. The number of carbonyl (C=O) groups excluding carboxylic acids is 1. The van der Waals surface area contributed by atoms with Gasteiger partial charge in [-0.3, -0.25) is 4.79 Å². The summed E-state index contributed by atoms with van der Waals surface area (Å²) in [4.78, 5) is 22.2. The summed E-state index contributed by atoms with van der Waals surface area (Å²) >= 11 is 15.1. The monoisotopic (exact) mass is 368 g/mol. The van der Waals surface area contributed by atoms with Crippen LogP contribution < -0.4 is 10.6 Å². The molecule has 0 saturated heterocycles. The van der Waals surface area contributed by atoms with Gasteiger partial charge < -0.3 is 15.7 Å². The van der Waals surface area contributed by atoms with Crippen molar-refractivity contribution in [2.45, 2.75) is 6.92 Å². The fraction of sp³-hybridized carbons (Fsp3) is 0.273. The Balaban J connectivity index is 2.65. The molecule has 19 heavy (non-hydrogen) atoms. The molecule has 104 valence electrons. The van der Waals surface area contributed by atoms with Gasteiger partial charge in [-0.05, 0) is 12.1 Å². The van der Waals surface area contributed by atoms with E-state index in [1.54, 1.807) is 12.1 Å². The third kappa shape index (κ3) is 4.89. The summed E-state index contributed by atoms with van der Waals surface area (Å²) in [5, 5.41) is 14.1. The zero-order chi connectivity index (χ0) is 14.6. The van der Waals surface area contributed by atoms with Crippen LogP contribution in [0.3, 0.4) is 0 Å². The largest absolute Gasteiger partial charge is 0.481 e. The van der Waals surface area contributed by atoms with Crippen LogP contribution in [0.5, 0.6) is 0 Å². The minimum atomic E-state index is -0.986. The van der Waals surface area contributed by atoms with Crippen molar-refractivity contribution < 1.29 is 14.7 Å². The number of carboxylic acid groups (broad SMARTS) is 1. The number of hydrogen-bond donors (Lipinski definition) is 3. The molecule has 0 aromatic heterocycles. The van der Waals surface area contributed by atoms with Crippen LogP contribution in [0.15, 0.2) is 16.6 Å². The number of hydrogen-bond acceptors (Lipinski definition) is 2. The first kappa shape index (κ1) is 16.1. The minimum Gasteiger partial charge on any atom is -0.481 e. The average molecular weight is 370 g/mol. The van der Waals surface area contributed by atoms with E-state index in [-0.39, 0.29) is 22.3 Å². The van der Waals surface area contributed by atoms with Crippen molar-refractivity contribution in [3.63, 3.8) is 0 Å². The molecule has 0 aliphatic heterocycles. The Hall–Kier alpha value is -0.980. The van der Waals surface area contributed by atoms with Gasteiger partial charge in [0, 0.05) is 11.0 Å². The summed E-state index contributed by atoms with van der Waals surface area (Å²) in [5.41, 5.74) is 0.270. The number of urea groups is 1. The standard InChI is InChI=1S/C11H11BrCl2N2O3/c1-5(10(17)18)4-15-11(19)16-9-7(13)2-6(12)3-8(9)14/h2-3,5H,4H2,1H3,(H,17,18)(H2,15,16,19). The molecule has 1 aromatic rings. The maximum absolute atomic E-state index is 11.6. The predicted molar refractivity (Wildman–Crippen MR) is 78.0 cm³/mol. The second-order valence-corrected chi connectivity index (χ2v) is 5.55. The molecular formula is C11H11BrCl2N2O3. The molecule has 1 aromatic carbocycles. The van der Waals surface area contributed by atoms with Gasteiger partial charge in [-0.2, -0.15) is 0 Å². The van der Waals surface area contributed by atoms with Crippen LogP contribution >= 0.6 is 39.1 Å². The zero-order valence-corrected chi connectivity index (χ0v) is 12.9. The highest BCUT2D eigenvalue weighted by Crippen LogP contribution is 2.33. The van der Waals surface area contributed by atoms with Gasteiger partial charge in [-0.25, -0.2) is 4.79 Å². The van der Waals surface area contributed by atoms with Crippen molar-refractivity contribution in [1.29, 1.82) is 0 Å². The summed E-state index contributed by atoms with van der Waals surface area (Å²) in [6, 6.07) is 2.60. The highest BCUT2D eigenvalue weighted by molar-refractivity contribution is 9.10. The second-order valence-electron chi connectivity index (χ2n) is 3.82. The van der Waals surface area contributed by atoms with Crippen LogP contribution in [0.2, 0.25) is 10.0 Å². The average Bonchev–Trinajstić information content (AvgIpc) is 2.30. The molecule has 0 saturated carbocycles. The number of rotatable bonds is 4. The van der Waals surface area contributed by atoms with Gasteiger partial charge in [-0.15, -0.1) is 0 Å². The van der Waals surface area contributed by atoms with E-state index in [0.717, 1.165) is 0 Å². The molecule has 0 aliphatic carbocycles. The van der Waals surface area contributed by atoms with E-state index in [1.165, 1.54) is 6.92 Å². The van der Waals surface area contributed by atoms with Crippen LogP contribution in [0, 0.1) is 5.92 Å². The van der Waals surface area contributed by atoms with E-state index in [1.807, 2.05) is 0 Å². The van der Waals surface area contributed by atoms with Gasteiger partial charge in [0.15, 0.2) is 0 Å². The third-order valence-electron chi connectivity index (χ3n) is 2.24. The van der Waals surface area contributed by atoms with Crippen molar-refractivity contribution in [2.75, 3.05) is 11.9 Å². The van der Waals surface area contributed by atoms with Crippen LogP contribution in [-0.4, -0.2) is 23.7 Å². The van der Waals surface area contributed by atoms with Crippen LogP contribution in [0.25, 0.3) is 0 Å². The van der Waals surface area contributed by atoms with Gasteiger partial charge in [0.1, 0.15) is 0 Å². The number of carboxylic acids is 1. The summed E-state index contributed by atoms with van der Waals surface area (Å²) < 4.78 is 0.688. The number of carbonyl (C=O) groups is 2. The predicted octanol–water partition coefficient (Wildman–Crippen LogP) is 3.60. The Bertz CT molecular complexity index is 488. The van der Waals surface area contributed by atoms with Gasteiger partial charge in [0.25, 0.3) is 0 Å². The molecule has 1 rings (SSSR count). The number of halogens is 3. The van der Waals surface area contributed by atoms with E-state index in [9.17, 15) is 9.59 Å². The van der Waals surface area contributed by atoms with Crippen molar-refractivity contribution >= 4 is 56.8 Å². The molecule has 0 bridgehead atoms. The van der Waals surface area contributed by atoms with Gasteiger partial charge in [-0.1, -0.05) is 46.1 Å². The van der Waals surface area contributed by atoms with Gasteiger partial charge in [0.2, 0.25) is 0 Å². The summed E-state index contributed by atoms with van der Waals surface area (Å²) in [7, 11) is 0. The topological polar surface area (TPSA) is 78.4 Å². The van der Waals surface area contributed by atoms with Crippen LogP contribution in [0.4, 0.5) is 10.5 Å². The summed E-state index contributed by atoms with van der Waals surface area (Å²) in [5.74, 6) is -1.67. The van der Waals surface area contributed by atoms with Crippen molar-refractivity contribution in [1.82, 2.24) is 5.32 Å². The van der Waals surface area contributed by atoms with E-state index in [2.05, 4.69) is 26.6 Å². The highest BCUT2D eigenvalue weighted by Gasteiger charge is 2.14. The van der Waals surface area contributed by atoms with Crippen molar-refractivity contribution in [3.05, 3.63) is 26.7 Å². The quantitative estimate of drug-likeness (QED) is 0.758. The Labute approximate surface area is 128 Å². The zero-order valence-electron chi connectivity index (χ0n) is 9.84. The number of amides is 2. The fourth-order valence-corrected chi connectivity index (χ4v) is 2.46. The normalized spacial score (nSPS) is 11.8. The third-order valence-corrected chi connectivity index (χ3v) is 3.29. The number of aliphatic carboxylic acids is 1. The number of nitrogens with one attached hydrogen (secondary N) is 2. The highest BCUT2D eigenvalue weighted by atomic mass is 79.9. The van der Waals surface area contributed by atoms with Gasteiger partial charge >= 0.3 is 12.0 Å². The molecule has 0 radical (unpaired) electrons. The maximum atomic E-state index is 11.6. The van der Waals surface area contributed by atoms with E-state index >= 15 is 0 Å². The molecule has 0 fully saturated rings. The van der Waals surface area contributed by atoms with E-state index < -0.39 is 17.9 Å². The smallest absolute Gasteiger partial charge is 0.319 e. The lowest BCUT2D eigenvalue weighted by Gasteiger charge is -2.12. The van der Waals surface area contributed by atoms with Crippen LogP contribution in [0.1, 0.15) is 6.92 Å². The Morgan fingerprint density at radius 3 is 2.37 bits per heavy atom. The molecule has 2 amide bonds.